The Morgan fingerprint density at radius 3 is 2.93 bits per heavy atom. The summed E-state index contributed by atoms with van der Waals surface area (Å²) in [5.74, 6) is 0.595. The Balaban J connectivity index is 1.52. The number of hydrogen-bond donors (Lipinski definition) is 1. The van der Waals surface area contributed by atoms with Crippen LogP contribution in [0.4, 0.5) is 5.69 Å². The Morgan fingerprint density at radius 1 is 1.33 bits per heavy atom. The molecule has 1 aromatic carbocycles. The molecule has 1 saturated heterocycles. The van der Waals surface area contributed by atoms with Crippen LogP contribution >= 0.6 is 0 Å². The molecule has 1 aliphatic rings. The van der Waals surface area contributed by atoms with Crippen molar-refractivity contribution in [1.82, 2.24) is 15.2 Å². The van der Waals surface area contributed by atoms with Crippen molar-refractivity contribution in [2.45, 2.75) is 19.0 Å². The van der Waals surface area contributed by atoms with Crippen molar-refractivity contribution < 1.29 is 14.3 Å². The highest BCUT2D eigenvalue weighted by molar-refractivity contribution is 5.97. The zero-order valence-corrected chi connectivity index (χ0v) is 15.6. The van der Waals surface area contributed by atoms with Crippen molar-refractivity contribution in [3.05, 3.63) is 54.4 Å². The number of pyridine rings is 1. The van der Waals surface area contributed by atoms with Gasteiger partial charge in [-0.25, -0.2) is 0 Å². The van der Waals surface area contributed by atoms with Gasteiger partial charge in [0.05, 0.1) is 25.4 Å². The molecule has 1 aliphatic heterocycles. The number of methoxy groups -OCH3 is 1. The molecule has 2 amide bonds. The number of aromatic nitrogens is 1. The molecule has 142 valence electrons. The smallest absolute Gasteiger partial charge is 0.234 e. The maximum absolute atomic E-state index is 12.3. The minimum atomic E-state index is -0.195. The van der Waals surface area contributed by atoms with E-state index in [0.717, 1.165) is 11.4 Å². The molecule has 7 nitrogen and oxygen atoms in total. The Hall–Kier alpha value is -2.93. The van der Waals surface area contributed by atoms with Crippen LogP contribution in [0, 0.1) is 0 Å². The van der Waals surface area contributed by atoms with Crippen LogP contribution in [0.5, 0.6) is 5.75 Å². The zero-order chi connectivity index (χ0) is 19.2. The average Bonchev–Trinajstić information content (AvgIpc) is 3.02. The predicted molar refractivity (Wildman–Crippen MR) is 102 cm³/mol. The summed E-state index contributed by atoms with van der Waals surface area (Å²) in [6.07, 6.45) is 2.04. The number of rotatable bonds is 7. The monoisotopic (exact) mass is 368 g/mol. The van der Waals surface area contributed by atoms with Gasteiger partial charge >= 0.3 is 0 Å². The van der Waals surface area contributed by atoms with Crippen LogP contribution in [0.25, 0.3) is 0 Å². The zero-order valence-electron chi connectivity index (χ0n) is 15.6. The summed E-state index contributed by atoms with van der Waals surface area (Å²) in [4.78, 5) is 32.5. The number of carbonyl (C=O) groups excluding carboxylic acids is 2. The minimum Gasteiger partial charge on any atom is -0.497 e. The first-order valence-electron chi connectivity index (χ1n) is 8.87. The molecule has 27 heavy (non-hydrogen) atoms. The molecule has 2 heterocycles. The van der Waals surface area contributed by atoms with E-state index in [1.165, 1.54) is 0 Å². The normalized spacial score (nSPS) is 16.6. The first-order valence-corrected chi connectivity index (χ1v) is 8.87. The van der Waals surface area contributed by atoms with Crippen LogP contribution in [-0.2, 0) is 16.1 Å². The quantitative estimate of drug-likeness (QED) is 0.801. The van der Waals surface area contributed by atoms with E-state index in [9.17, 15) is 9.59 Å². The summed E-state index contributed by atoms with van der Waals surface area (Å²) in [5, 5.41) is 2.96. The lowest BCUT2D eigenvalue weighted by Gasteiger charge is -2.19. The van der Waals surface area contributed by atoms with E-state index in [-0.39, 0.29) is 24.4 Å². The number of nitrogens with one attached hydrogen (secondary N) is 1. The highest BCUT2D eigenvalue weighted by atomic mass is 16.5. The maximum atomic E-state index is 12.3. The Bertz CT molecular complexity index is 797. The van der Waals surface area contributed by atoms with Gasteiger partial charge in [-0.3, -0.25) is 19.5 Å². The van der Waals surface area contributed by atoms with Crippen molar-refractivity contribution in [1.29, 1.82) is 0 Å². The van der Waals surface area contributed by atoms with E-state index < -0.39 is 0 Å². The van der Waals surface area contributed by atoms with Gasteiger partial charge in [0.1, 0.15) is 5.75 Å². The third-order valence-corrected chi connectivity index (χ3v) is 4.43. The first kappa shape index (κ1) is 18.8. The molecule has 2 aromatic rings. The van der Waals surface area contributed by atoms with Crippen molar-refractivity contribution in [3.63, 3.8) is 0 Å². The molecule has 1 aromatic heterocycles. The second kappa shape index (κ2) is 8.64. The third kappa shape index (κ3) is 5.04. The number of ether oxygens (including phenoxy) is 1. The molecule has 0 saturated carbocycles. The standard InChI is InChI=1S/C20H24N4O3/c1-23(12-15-6-3-4-9-21-15)14-19(25)22-16-10-20(26)24(13-16)17-7-5-8-18(11-17)27-2/h3-9,11,16H,10,12-14H2,1-2H3,(H,22,25). The number of carbonyl (C=O) groups is 2. The summed E-state index contributed by atoms with van der Waals surface area (Å²) in [6, 6.07) is 12.9. The van der Waals surface area contributed by atoms with Crippen LogP contribution in [0.1, 0.15) is 12.1 Å². The fourth-order valence-electron chi connectivity index (χ4n) is 3.17. The second-order valence-electron chi connectivity index (χ2n) is 6.67. The topological polar surface area (TPSA) is 74.8 Å². The highest BCUT2D eigenvalue weighted by Gasteiger charge is 2.31. The molecular weight excluding hydrogens is 344 g/mol. The Morgan fingerprint density at radius 2 is 2.19 bits per heavy atom. The van der Waals surface area contributed by atoms with E-state index in [1.54, 1.807) is 18.2 Å². The van der Waals surface area contributed by atoms with E-state index >= 15 is 0 Å². The molecule has 0 radical (unpaired) electrons. The largest absolute Gasteiger partial charge is 0.497 e. The predicted octanol–water partition coefficient (Wildman–Crippen LogP) is 1.44. The fourth-order valence-corrected chi connectivity index (χ4v) is 3.17. The number of amides is 2. The molecule has 7 heteroatoms. The molecule has 1 N–H and O–H groups in total. The van der Waals surface area contributed by atoms with Gasteiger partial charge < -0.3 is 15.0 Å². The molecule has 0 spiro atoms. The van der Waals surface area contributed by atoms with Crippen molar-refractivity contribution in [3.8, 4) is 5.75 Å². The van der Waals surface area contributed by atoms with Crippen LogP contribution < -0.4 is 15.0 Å². The van der Waals surface area contributed by atoms with Crippen LogP contribution in [-0.4, -0.2) is 55.0 Å². The molecule has 1 unspecified atom stereocenters. The molecule has 1 atom stereocenters. The summed E-state index contributed by atoms with van der Waals surface area (Å²) in [6.45, 7) is 1.30. The van der Waals surface area contributed by atoms with Gasteiger partial charge in [-0.15, -0.1) is 0 Å². The second-order valence-corrected chi connectivity index (χ2v) is 6.67. The van der Waals surface area contributed by atoms with E-state index in [1.807, 2.05) is 54.4 Å². The van der Waals surface area contributed by atoms with Gasteiger partial charge in [-0.2, -0.15) is 0 Å². The van der Waals surface area contributed by atoms with Gasteiger partial charge in [-0.05, 0) is 31.3 Å². The van der Waals surface area contributed by atoms with Crippen molar-refractivity contribution >= 4 is 17.5 Å². The first-order chi connectivity index (χ1) is 13.0. The Labute approximate surface area is 158 Å². The van der Waals surface area contributed by atoms with Crippen molar-refractivity contribution in [2.75, 3.05) is 32.1 Å². The molecule has 1 fully saturated rings. The lowest BCUT2D eigenvalue weighted by molar-refractivity contribution is -0.122. The van der Waals surface area contributed by atoms with Gasteiger partial charge in [0, 0.05) is 37.5 Å². The van der Waals surface area contributed by atoms with Gasteiger partial charge in [0.15, 0.2) is 0 Å². The van der Waals surface area contributed by atoms with Gasteiger partial charge in [-0.1, -0.05) is 12.1 Å². The number of nitrogens with zero attached hydrogens (tertiary/aromatic N) is 3. The maximum Gasteiger partial charge on any atom is 0.234 e. The molecule has 0 bridgehead atoms. The summed E-state index contributed by atoms with van der Waals surface area (Å²) in [7, 11) is 3.46. The fraction of sp³-hybridized carbons (Fsp3) is 0.350. The minimum absolute atomic E-state index is 0.00427. The van der Waals surface area contributed by atoms with Crippen LogP contribution in [0.3, 0.4) is 0 Å². The van der Waals surface area contributed by atoms with Crippen LogP contribution in [0.15, 0.2) is 48.7 Å². The number of benzene rings is 1. The molecule has 0 aliphatic carbocycles. The van der Waals surface area contributed by atoms with Crippen LogP contribution in [0.2, 0.25) is 0 Å². The lowest BCUT2D eigenvalue weighted by Crippen LogP contribution is -2.42. The summed E-state index contributed by atoms with van der Waals surface area (Å²) >= 11 is 0. The van der Waals surface area contributed by atoms with Crippen molar-refractivity contribution in [2.24, 2.45) is 0 Å². The molecular formula is C20H24N4O3. The van der Waals surface area contributed by atoms with Gasteiger partial charge in [0.2, 0.25) is 11.8 Å². The van der Waals surface area contributed by atoms with E-state index in [0.29, 0.717) is 25.3 Å². The summed E-state index contributed by atoms with van der Waals surface area (Å²) in [5.41, 5.74) is 1.69. The van der Waals surface area contributed by atoms with E-state index in [2.05, 4.69) is 10.3 Å². The van der Waals surface area contributed by atoms with Gasteiger partial charge in [0.25, 0.3) is 0 Å². The average molecular weight is 368 g/mol. The summed E-state index contributed by atoms with van der Waals surface area (Å²) < 4.78 is 5.22. The highest BCUT2D eigenvalue weighted by Crippen LogP contribution is 2.25. The number of anilines is 1. The Kier molecular flexibility index (Phi) is 6.03. The molecule has 3 rings (SSSR count). The lowest BCUT2D eigenvalue weighted by atomic mass is 10.2. The van der Waals surface area contributed by atoms with E-state index in [4.69, 9.17) is 4.74 Å². The number of likely N-dealkylation sites (N-methyl/N-ethyl adjacent to an activating group) is 1. The SMILES string of the molecule is COc1cccc(N2CC(NC(=O)CN(C)Cc3ccccn3)CC2=O)c1. The number of hydrogen-bond acceptors (Lipinski definition) is 5. The third-order valence-electron chi connectivity index (χ3n) is 4.43.